The Morgan fingerprint density at radius 2 is 2.25 bits per heavy atom. The van der Waals surface area contributed by atoms with Crippen LogP contribution in [0.4, 0.5) is 0 Å². The molecule has 2 heterocycles. The van der Waals surface area contributed by atoms with Crippen LogP contribution in [0.15, 0.2) is 27.0 Å². The molecule has 0 aliphatic rings. The van der Waals surface area contributed by atoms with Crippen LogP contribution in [-0.2, 0) is 29.4 Å². The van der Waals surface area contributed by atoms with E-state index >= 15 is 0 Å². The highest BCUT2D eigenvalue weighted by Crippen LogP contribution is 2.21. The Labute approximate surface area is 122 Å². The van der Waals surface area contributed by atoms with Crippen LogP contribution in [0.2, 0.25) is 0 Å². The molecule has 0 aromatic carbocycles. The first kappa shape index (κ1) is 15.2. The van der Waals surface area contributed by atoms with Crippen molar-refractivity contribution >= 4 is 21.4 Å². The van der Waals surface area contributed by atoms with E-state index < -0.39 is 10.0 Å². The Morgan fingerprint density at radius 1 is 1.45 bits per heavy atom. The normalized spacial score (nSPS) is 11.9. The molecule has 0 unspecified atom stereocenters. The van der Waals surface area contributed by atoms with Gasteiger partial charge in [0.05, 0.1) is 12.7 Å². The highest BCUT2D eigenvalue weighted by Gasteiger charge is 2.17. The third-order valence-corrected chi connectivity index (χ3v) is 5.69. The van der Waals surface area contributed by atoms with Crippen molar-refractivity contribution in [1.82, 2.24) is 9.71 Å². The molecule has 0 aliphatic carbocycles. The molecule has 8 heteroatoms. The molecule has 0 aliphatic heterocycles. The molecule has 6 nitrogen and oxygen atoms in total. The van der Waals surface area contributed by atoms with Gasteiger partial charge in [0, 0.05) is 11.3 Å². The van der Waals surface area contributed by atoms with Gasteiger partial charge in [-0.1, -0.05) is 6.92 Å². The van der Waals surface area contributed by atoms with E-state index in [0.717, 1.165) is 17.1 Å². The second-order valence-corrected chi connectivity index (χ2v) is 7.32. The van der Waals surface area contributed by atoms with E-state index in [2.05, 4.69) is 9.71 Å². The zero-order chi connectivity index (χ0) is 14.6. The van der Waals surface area contributed by atoms with Crippen LogP contribution in [0.3, 0.4) is 0 Å². The van der Waals surface area contributed by atoms with E-state index in [1.54, 1.807) is 18.3 Å². The van der Waals surface area contributed by atoms with Gasteiger partial charge in [-0.15, -0.1) is 11.3 Å². The summed E-state index contributed by atoms with van der Waals surface area (Å²) >= 11 is 1.23. The Bertz CT molecular complexity index is 661. The van der Waals surface area contributed by atoms with Gasteiger partial charge in [0.1, 0.15) is 9.97 Å². The van der Waals surface area contributed by atoms with Gasteiger partial charge in [0.15, 0.2) is 0 Å². The summed E-state index contributed by atoms with van der Waals surface area (Å²) < 4.78 is 32.3. The first-order chi connectivity index (χ1) is 9.55. The average molecular weight is 315 g/mol. The highest BCUT2D eigenvalue weighted by molar-refractivity contribution is 7.91. The first-order valence-corrected chi connectivity index (χ1v) is 8.57. The van der Waals surface area contributed by atoms with Gasteiger partial charge in [-0.3, -0.25) is 0 Å². The van der Waals surface area contributed by atoms with Crippen molar-refractivity contribution in [3.05, 3.63) is 34.9 Å². The highest BCUT2D eigenvalue weighted by atomic mass is 32.2. The fourth-order valence-corrected chi connectivity index (χ4v) is 3.99. The molecule has 0 bridgehead atoms. The predicted molar refractivity (Wildman–Crippen MR) is 77.0 cm³/mol. The number of sulfonamides is 1. The number of hydrogen-bond donors (Lipinski definition) is 2. The molecule has 0 fully saturated rings. The summed E-state index contributed by atoms with van der Waals surface area (Å²) in [4.78, 5) is 4.97. The molecule has 0 spiro atoms. The third kappa shape index (κ3) is 3.66. The third-order valence-electron chi connectivity index (χ3n) is 2.66. The van der Waals surface area contributed by atoms with Crippen LogP contribution < -0.4 is 10.5 Å². The molecular weight excluding hydrogens is 298 g/mol. The van der Waals surface area contributed by atoms with Gasteiger partial charge < -0.3 is 10.2 Å². The number of rotatable bonds is 7. The molecule has 3 N–H and O–H groups in total. The smallest absolute Gasteiger partial charge is 0.250 e. The summed E-state index contributed by atoms with van der Waals surface area (Å²) in [5.74, 6) is 1.10. The van der Waals surface area contributed by atoms with Crippen molar-refractivity contribution in [2.75, 3.05) is 6.54 Å². The maximum atomic E-state index is 12.1. The summed E-state index contributed by atoms with van der Waals surface area (Å²) in [5.41, 5.74) is 5.45. The molecule has 2 aromatic rings. The second-order valence-electron chi connectivity index (χ2n) is 4.16. The maximum absolute atomic E-state index is 12.1. The summed E-state index contributed by atoms with van der Waals surface area (Å²) in [6, 6.07) is 3.37. The van der Waals surface area contributed by atoms with Crippen LogP contribution in [0.25, 0.3) is 0 Å². The number of nitrogens with zero attached hydrogens (tertiary/aromatic N) is 1. The number of nitrogens with one attached hydrogen (secondary N) is 1. The topological polar surface area (TPSA) is 98.2 Å². The fraction of sp³-hybridized carbons (Fsp3) is 0.417. The number of nitrogens with two attached hydrogens (primary N) is 1. The van der Waals surface area contributed by atoms with Crippen LogP contribution in [0, 0.1) is 0 Å². The van der Waals surface area contributed by atoms with E-state index in [1.165, 1.54) is 11.3 Å². The minimum absolute atomic E-state index is 0.0481. The number of oxazole rings is 1. The Kier molecular flexibility index (Phi) is 4.92. The molecule has 110 valence electrons. The monoisotopic (exact) mass is 315 g/mol. The van der Waals surface area contributed by atoms with Gasteiger partial charge in [-0.05, 0) is 25.1 Å². The van der Waals surface area contributed by atoms with Crippen molar-refractivity contribution < 1.29 is 12.8 Å². The van der Waals surface area contributed by atoms with Gasteiger partial charge in [0.25, 0.3) is 10.0 Å². The largest absolute Gasteiger partial charge is 0.444 e. The van der Waals surface area contributed by atoms with E-state index in [0.29, 0.717) is 18.9 Å². The number of aryl methyl sites for hydroxylation is 1. The van der Waals surface area contributed by atoms with Crippen molar-refractivity contribution in [2.24, 2.45) is 5.73 Å². The summed E-state index contributed by atoms with van der Waals surface area (Å²) in [5, 5.41) is 0. The van der Waals surface area contributed by atoms with Gasteiger partial charge in [-0.25, -0.2) is 18.1 Å². The SMILES string of the molecule is CCc1cnc(CNS(=O)(=O)c2ccc(CCN)s2)o1. The molecule has 0 radical (unpaired) electrons. The first-order valence-electron chi connectivity index (χ1n) is 6.27. The van der Waals surface area contributed by atoms with Crippen molar-refractivity contribution in [3.8, 4) is 0 Å². The molecule has 2 rings (SSSR count). The summed E-state index contributed by atoms with van der Waals surface area (Å²) in [7, 11) is -3.53. The second kappa shape index (κ2) is 6.49. The Balaban J connectivity index is 2.02. The lowest BCUT2D eigenvalue weighted by Gasteiger charge is -2.01. The van der Waals surface area contributed by atoms with E-state index in [4.69, 9.17) is 10.2 Å². The quantitative estimate of drug-likeness (QED) is 0.802. The van der Waals surface area contributed by atoms with E-state index in [1.807, 2.05) is 6.92 Å². The minimum atomic E-state index is -3.53. The molecule has 0 saturated heterocycles. The average Bonchev–Trinajstić information content (AvgIpc) is 3.06. The standard InChI is InChI=1S/C12H17N3O3S2/c1-2-9-7-14-11(18-9)8-15-20(16,17)12-4-3-10(19-12)5-6-13/h3-4,7,15H,2,5-6,8,13H2,1H3. The molecule has 0 saturated carbocycles. The zero-order valence-electron chi connectivity index (χ0n) is 11.1. The number of thiophene rings is 1. The summed E-state index contributed by atoms with van der Waals surface area (Å²) in [6.07, 6.45) is 3.01. The molecule has 2 aromatic heterocycles. The van der Waals surface area contributed by atoms with E-state index in [9.17, 15) is 8.42 Å². The molecule has 0 atom stereocenters. The maximum Gasteiger partial charge on any atom is 0.250 e. The molecule has 0 amide bonds. The van der Waals surface area contributed by atoms with Crippen LogP contribution in [0.5, 0.6) is 0 Å². The van der Waals surface area contributed by atoms with Crippen molar-refractivity contribution in [3.63, 3.8) is 0 Å². The fourth-order valence-electron chi connectivity index (χ4n) is 1.60. The van der Waals surface area contributed by atoms with Gasteiger partial charge in [0.2, 0.25) is 5.89 Å². The minimum Gasteiger partial charge on any atom is -0.444 e. The lowest BCUT2D eigenvalue weighted by Crippen LogP contribution is -2.22. The molecular formula is C12H17N3O3S2. The number of aromatic nitrogens is 1. The molecule has 20 heavy (non-hydrogen) atoms. The lowest BCUT2D eigenvalue weighted by atomic mass is 10.3. The lowest BCUT2D eigenvalue weighted by molar-refractivity contribution is 0.452. The van der Waals surface area contributed by atoms with Gasteiger partial charge in [-0.2, -0.15) is 0 Å². The summed E-state index contributed by atoms with van der Waals surface area (Å²) in [6.45, 7) is 2.50. The number of hydrogen-bond acceptors (Lipinski definition) is 6. The van der Waals surface area contributed by atoms with Crippen LogP contribution in [0.1, 0.15) is 23.5 Å². The van der Waals surface area contributed by atoms with Crippen molar-refractivity contribution in [1.29, 1.82) is 0 Å². The Hall–Kier alpha value is -1.22. The van der Waals surface area contributed by atoms with Crippen molar-refractivity contribution in [2.45, 2.75) is 30.5 Å². The Morgan fingerprint density at radius 3 is 2.90 bits per heavy atom. The van der Waals surface area contributed by atoms with Crippen LogP contribution in [-0.4, -0.2) is 19.9 Å². The van der Waals surface area contributed by atoms with E-state index in [-0.39, 0.29) is 10.8 Å². The van der Waals surface area contributed by atoms with Gasteiger partial charge >= 0.3 is 0 Å². The van der Waals surface area contributed by atoms with Crippen LogP contribution >= 0.6 is 11.3 Å². The predicted octanol–water partition coefficient (Wildman–Crippen LogP) is 1.28. The zero-order valence-corrected chi connectivity index (χ0v) is 12.8.